The molecular formula is C9H12O3. The molecule has 0 amide bonds. The number of carboxylic acids is 1. The van der Waals surface area contributed by atoms with E-state index >= 15 is 0 Å². The summed E-state index contributed by atoms with van der Waals surface area (Å²) in [7, 11) is 0. The van der Waals surface area contributed by atoms with Gasteiger partial charge in [-0.2, -0.15) is 0 Å². The number of allylic oxidation sites excluding steroid dienone is 1. The zero-order chi connectivity index (χ0) is 8.97. The molecule has 0 spiro atoms. The molecule has 0 bridgehead atoms. The van der Waals surface area contributed by atoms with E-state index in [1.165, 1.54) is 6.08 Å². The number of hydrogen-bond donors (Lipinski definition) is 1. The molecule has 0 atom stereocenters. The molecular weight excluding hydrogens is 156 g/mol. The summed E-state index contributed by atoms with van der Waals surface area (Å²) in [4.78, 5) is 21.0. The fourth-order valence-corrected chi connectivity index (χ4v) is 1.37. The number of aliphatic carboxylic acids is 1. The molecule has 0 heterocycles. The highest BCUT2D eigenvalue weighted by Crippen LogP contribution is 2.22. The fourth-order valence-electron chi connectivity index (χ4n) is 1.37. The van der Waals surface area contributed by atoms with Gasteiger partial charge in [0.1, 0.15) is 5.78 Å². The Kier molecular flexibility index (Phi) is 3.02. The van der Waals surface area contributed by atoms with Crippen LogP contribution in [0.15, 0.2) is 12.2 Å². The molecule has 1 rings (SSSR count). The normalized spacial score (nSPS) is 20.2. The first-order chi connectivity index (χ1) is 5.68. The van der Waals surface area contributed by atoms with E-state index in [9.17, 15) is 9.59 Å². The summed E-state index contributed by atoms with van der Waals surface area (Å²) in [6, 6.07) is 0. The van der Waals surface area contributed by atoms with E-state index in [4.69, 9.17) is 5.11 Å². The Hall–Kier alpha value is -1.12. The van der Waals surface area contributed by atoms with Crippen molar-refractivity contribution in [2.75, 3.05) is 0 Å². The molecule has 1 aliphatic carbocycles. The van der Waals surface area contributed by atoms with Gasteiger partial charge in [-0.25, -0.2) is 4.79 Å². The van der Waals surface area contributed by atoms with Gasteiger partial charge in [-0.1, -0.05) is 6.08 Å². The third kappa shape index (κ3) is 2.86. The molecule has 0 aliphatic heterocycles. The summed E-state index contributed by atoms with van der Waals surface area (Å²) >= 11 is 0. The molecule has 66 valence electrons. The van der Waals surface area contributed by atoms with Crippen LogP contribution < -0.4 is 0 Å². The number of carboxylic acid groups (broad SMARTS) is 1. The predicted octanol–water partition coefficient (Wildman–Crippen LogP) is 1.39. The summed E-state index contributed by atoms with van der Waals surface area (Å²) in [5, 5.41) is 8.34. The Balaban J connectivity index is 2.35. The maximum absolute atomic E-state index is 10.8. The number of hydrogen-bond acceptors (Lipinski definition) is 2. The largest absolute Gasteiger partial charge is 0.478 e. The van der Waals surface area contributed by atoms with Gasteiger partial charge in [0.05, 0.1) is 0 Å². The quantitative estimate of drug-likeness (QED) is 0.634. The molecule has 1 fully saturated rings. The Morgan fingerprint density at radius 1 is 1.42 bits per heavy atom. The molecule has 1 N–H and O–H groups in total. The highest BCUT2D eigenvalue weighted by Gasteiger charge is 2.16. The summed E-state index contributed by atoms with van der Waals surface area (Å²) < 4.78 is 0. The van der Waals surface area contributed by atoms with Crippen LogP contribution in [0, 0.1) is 5.92 Å². The average Bonchev–Trinajstić information content (AvgIpc) is 2.03. The second-order valence-electron chi connectivity index (χ2n) is 3.07. The Labute approximate surface area is 71.1 Å². The molecule has 1 aliphatic rings. The maximum atomic E-state index is 10.8. The first-order valence-corrected chi connectivity index (χ1v) is 4.11. The van der Waals surface area contributed by atoms with Gasteiger partial charge in [0.2, 0.25) is 0 Å². The van der Waals surface area contributed by atoms with E-state index < -0.39 is 5.97 Å². The first-order valence-electron chi connectivity index (χ1n) is 4.11. The highest BCUT2D eigenvalue weighted by atomic mass is 16.4. The van der Waals surface area contributed by atoms with Crippen LogP contribution in [0.2, 0.25) is 0 Å². The SMILES string of the molecule is O=C(O)/C=C/C1CCC(=O)CC1. The molecule has 0 saturated heterocycles. The van der Waals surface area contributed by atoms with Crippen molar-refractivity contribution < 1.29 is 14.7 Å². The Bertz CT molecular complexity index is 208. The molecule has 0 aromatic rings. The summed E-state index contributed by atoms with van der Waals surface area (Å²) in [6.45, 7) is 0. The second-order valence-corrected chi connectivity index (χ2v) is 3.07. The van der Waals surface area contributed by atoms with Crippen LogP contribution in [0.5, 0.6) is 0 Å². The zero-order valence-electron chi connectivity index (χ0n) is 6.82. The molecule has 12 heavy (non-hydrogen) atoms. The summed E-state index contributed by atoms with van der Waals surface area (Å²) in [5.41, 5.74) is 0. The van der Waals surface area contributed by atoms with Crippen molar-refractivity contribution in [2.24, 2.45) is 5.92 Å². The number of carbonyl (C=O) groups excluding carboxylic acids is 1. The molecule has 0 aromatic carbocycles. The molecule has 0 unspecified atom stereocenters. The van der Waals surface area contributed by atoms with E-state index in [1.54, 1.807) is 6.08 Å². The minimum atomic E-state index is -0.910. The van der Waals surface area contributed by atoms with Crippen LogP contribution in [-0.4, -0.2) is 16.9 Å². The number of ketones is 1. The smallest absolute Gasteiger partial charge is 0.327 e. The molecule has 0 aromatic heterocycles. The van der Waals surface area contributed by atoms with Crippen LogP contribution in [0.25, 0.3) is 0 Å². The van der Waals surface area contributed by atoms with Crippen LogP contribution in [0.3, 0.4) is 0 Å². The lowest BCUT2D eigenvalue weighted by molar-refractivity contribution is -0.131. The van der Waals surface area contributed by atoms with Crippen molar-refractivity contribution in [3.05, 3.63) is 12.2 Å². The maximum Gasteiger partial charge on any atom is 0.327 e. The number of Topliss-reactive ketones (excluding diaryl/α,β-unsaturated/α-hetero) is 1. The van der Waals surface area contributed by atoms with Gasteiger partial charge in [-0.15, -0.1) is 0 Å². The lowest BCUT2D eigenvalue weighted by Crippen LogP contribution is -2.12. The van der Waals surface area contributed by atoms with Crippen LogP contribution >= 0.6 is 0 Å². The van der Waals surface area contributed by atoms with Crippen molar-refractivity contribution in [2.45, 2.75) is 25.7 Å². The lowest BCUT2D eigenvalue weighted by Gasteiger charge is -2.16. The molecule has 3 nitrogen and oxygen atoms in total. The Morgan fingerprint density at radius 3 is 2.50 bits per heavy atom. The van der Waals surface area contributed by atoms with E-state index in [-0.39, 0.29) is 0 Å². The van der Waals surface area contributed by atoms with Crippen LogP contribution in [0.4, 0.5) is 0 Å². The molecule has 0 radical (unpaired) electrons. The van der Waals surface area contributed by atoms with Crippen LogP contribution in [-0.2, 0) is 9.59 Å². The van der Waals surface area contributed by atoms with E-state index in [1.807, 2.05) is 0 Å². The second kappa shape index (κ2) is 4.04. The minimum Gasteiger partial charge on any atom is -0.478 e. The zero-order valence-corrected chi connectivity index (χ0v) is 6.82. The average molecular weight is 168 g/mol. The van der Waals surface area contributed by atoms with Gasteiger partial charge >= 0.3 is 5.97 Å². The number of carbonyl (C=O) groups is 2. The van der Waals surface area contributed by atoms with Gasteiger partial charge in [0.25, 0.3) is 0 Å². The fraction of sp³-hybridized carbons (Fsp3) is 0.556. The van der Waals surface area contributed by atoms with Crippen molar-refractivity contribution in [3.8, 4) is 0 Å². The lowest BCUT2D eigenvalue weighted by atomic mass is 9.88. The van der Waals surface area contributed by atoms with Gasteiger partial charge in [0.15, 0.2) is 0 Å². The Morgan fingerprint density at radius 2 is 2.00 bits per heavy atom. The first kappa shape index (κ1) is 8.97. The van der Waals surface area contributed by atoms with Gasteiger partial charge in [0, 0.05) is 18.9 Å². The monoisotopic (exact) mass is 168 g/mol. The molecule has 3 heteroatoms. The minimum absolute atomic E-state index is 0.291. The third-order valence-corrected chi connectivity index (χ3v) is 2.10. The van der Waals surface area contributed by atoms with Crippen molar-refractivity contribution in [3.63, 3.8) is 0 Å². The van der Waals surface area contributed by atoms with E-state index in [0.29, 0.717) is 24.5 Å². The van der Waals surface area contributed by atoms with Crippen molar-refractivity contribution >= 4 is 11.8 Å². The van der Waals surface area contributed by atoms with Crippen LogP contribution in [0.1, 0.15) is 25.7 Å². The number of rotatable bonds is 2. The highest BCUT2D eigenvalue weighted by molar-refractivity contribution is 5.80. The van der Waals surface area contributed by atoms with Crippen molar-refractivity contribution in [1.29, 1.82) is 0 Å². The summed E-state index contributed by atoms with van der Waals surface area (Å²) in [6.07, 6.45) is 5.68. The topological polar surface area (TPSA) is 54.4 Å². The van der Waals surface area contributed by atoms with Gasteiger partial charge < -0.3 is 5.11 Å². The van der Waals surface area contributed by atoms with Gasteiger partial charge in [-0.3, -0.25) is 4.79 Å². The summed E-state index contributed by atoms with van der Waals surface area (Å²) in [5.74, 6) is -0.319. The standard InChI is InChI=1S/C9H12O3/c10-8-4-1-7(2-5-8)3-6-9(11)12/h3,6-7H,1-2,4-5H2,(H,11,12)/b6-3+. The van der Waals surface area contributed by atoms with Gasteiger partial charge in [-0.05, 0) is 18.8 Å². The van der Waals surface area contributed by atoms with Crippen molar-refractivity contribution in [1.82, 2.24) is 0 Å². The van der Waals surface area contributed by atoms with E-state index in [0.717, 1.165) is 12.8 Å². The molecule has 1 saturated carbocycles. The van der Waals surface area contributed by atoms with E-state index in [2.05, 4.69) is 0 Å². The predicted molar refractivity (Wildman–Crippen MR) is 43.7 cm³/mol. The third-order valence-electron chi connectivity index (χ3n) is 2.10.